The first-order valence-electron chi connectivity index (χ1n) is 5.92. The molecule has 1 rings (SSSR count). The van der Waals surface area contributed by atoms with E-state index in [1.54, 1.807) is 18.2 Å². The fourth-order valence-corrected chi connectivity index (χ4v) is 1.54. The van der Waals surface area contributed by atoms with Gasteiger partial charge >= 0.3 is 0 Å². The molecule has 0 saturated heterocycles. The van der Waals surface area contributed by atoms with Crippen molar-refractivity contribution in [3.8, 4) is 18.1 Å². The summed E-state index contributed by atoms with van der Waals surface area (Å²) in [5, 5.41) is 2.75. The molecule has 4 nitrogen and oxygen atoms in total. The van der Waals surface area contributed by atoms with Crippen molar-refractivity contribution in [1.29, 1.82) is 0 Å². The van der Waals surface area contributed by atoms with E-state index in [0.717, 1.165) is 0 Å². The first-order chi connectivity index (χ1) is 8.63. The third-order valence-electron chi connectivity index (χ3n) is 2.49. The highest BCUT2D eigenvalue weighted by atomic mass is 16.5. The number of nitrogen functional groups attached to an aromatic ring is 1. The molecule has 0 heterocycles. The van der Waals surface area contributed by atoms with Gasteiger partial charge in [-0.3, -0.25) is 4.79 Å². The Kier molecular flexibility index (Phi) is 5.06. The first-order valence-corrected chi connectivity index (χ1v) is 5.92. The van der Waals surface area contributed by atoms with Gasteiger partial charge < -0.3 is 15.8 Å². The van der Waals surface area contributed by atoms with Crippen LogP contribution in [-0.4, -0.2) is 18.6 Å². The van der Waals surface area contributed by atoms with Crippen LogP contribution in [0.2, 0.25) is 0 Å². The molecule has 1 amide bonds. The van der Waals surface area contributed by atoms with Gasteiger partial charge in [0.2, 0.25) is 0 Å². The molecule has 0 saturated carbocycles. The Hall–Kier alpha value is -2.15. The minimum atomic E-state index is -0.284. The highest BCUT2D eigenvalue weighted by molar-refractivity contribution is 5.99. The summed E-state index contributed by atoms with van der Waals surface area (Å²) in [5.41, 5.74) is 6.65. The third kappa shape index (κ3) is 3.17. The number of nitrogens with one attached hydrogen (secondary N) is 1. The highest BCUT2D eigenvalue weighted by Crippen LogP contribution is 2.26. The largest absolute Gasteiger partial charge is 0.491 e. The number of hydrogen-bond acceptors (Lipinski definition) is 3. The van der Waals surface area contributed by atoms with Crippen molar-refractivity contribution in [2.45, 2.75) is 26.3 Å². The fraction of sp³-hybridized carbons (Fsp3) is 0.357. The van der Waals surface area contributed by atoms with Gasteiger partial charge in [0.15, 0.2) is 5.75 Å². The molecule has 0 fully saturated rings. The number of amides is 1. The van der Waals surface area contributed by atoms with Gasteiger partial charge in [-0.25, -0.2) is 0 Å². The lowest BCUT2D eigenvalue weighted by molar-refractivity contribution is 0.0941. The van der Waals surface area contributed by atoms with Gasteiger partial charge in [0, 0.05) is 0 Å². The third-order valence-corrected chi connectivity index (χ3v) is 2.49. The van der Waals surface area contributed by atoms with Gasteiger partial charge in [-0.05, 0) is 25.5 Å². The molecule has 18 heavy (non-hydrogen) atoms. The molecule has 1 aromatic rings. The second-order valence-electron chi connectivity index (χ2n) is 3.76. The van der Waals surface area contributed by atoms with E-state index in [1.165, 1.54) is 0 Å². The molecule has 4 heteroatoms. The van der Waals surface area contributed by atoms with Gasteiger partial charge in [0.25, 0.3) is 5.91 Å². The summed E-state index contributed by atoms with van der Waals surface area (Å²) in [6.07, 6.45) is 5.99. The summed E-state index contributed by atoms with van der Waals surface area (Å²) in [4.78, 5) is 12.1. The number of terminal acetylenes is 1. The standard InChI is InChI=1S/C14H18N2O2/c1-4-10(5-2)16-14(17)11-8-7-9-12(15)13(11)18-6-3/h1,7-10H,5-6,15H2,2-3H3,(H,16,17). The Morgan fingerprint density at radius 1 is 1.56 bits per heavy atom. The molecule has 1 atom stereocenters. The van der Waals surface area contributed by atoms with Crippen molar-refractivity contribution in [3.63, 3.8) is 0 Å². The molecular weight excluding hydrogens is 228 g/mol. The molecule has 0 bridgehead atoms. The number of rotatable bonds is 5. The second kappa shape index (κ2) is 6.55. The molecule has 0 aliphatic rings. The topological polar surface area (TPSA) is 64.4 Å². The van der Waals surface area contributed by atoms with E-state index in [4.69, 9.17) is 16.9 Å². The Morgan fingerprint density at radius 2 is 2.28 bits per heavy atom. The maximum Gasteiger partial charge on any atom is 0.256 e. The Labute approximate surface area is 108 Å². The predicted octanol–water partition coefficient (Wildman–Crippen LogP) is 1.81. The Balaban J connectivity index is 2.98. The summed E-state index contributed by atoms with van der Waals surface area (Å²) in [6.45, 7) is 4.19. The molecule has 0 spiro atoms. The van der Waals surface area contributed by atoms with E-state index in [1.807, 2.05) is 13.8 Å². The zero-order chi connectivity index (χ0) is 13.5. The highest BCUT2D eigenvalue weighted by Gasteiger charge is 2.16. The lowest BCUT2D eigenvalue weighted by Gasteiger charge is -2.15. The van der Waals surface area contributed by atoms with Crippen LogP contribution in [0.5, 0.6) is 5.75 Å². The van der Waals surface area contributed by atoms with Crippen LogP contribution < -0.4 is 15.8 Å². The molecule has 3 N–H and O–H groups in total. The van der Waals surface area contributed by atoms with Crippen LogP contribution in [0.3, 0.4) is 0 Å². The summed E-state index contributed by atoms with van der Waals surface area (Å²) in [5.74, 6) is 2.65. The minimum absolute atomic E-state index is 0.268. The average molecular weight is 246 g/mol. The fourth-order valence-electron chi connectivity index (χ4n) is 1.54. The molecule has 0 radical (unpaired) electrons. The van der Waals surface area contributed by atoms with Crippen molar-refractivity contribution in [3.05, 3.63) is 23.8 Å². The van der Waals surface area contributed by atoms with Gasteiger partial charge in [0.1, 0.15) is 0 Å². The van der Waals surface area contributed by atoms with E-state index in [-0.39, 0.29) is 11.9 Å². The number of anilines is 1. The average Bonchev–Trinajstić information content (AvgIpc) is 2.38. The molecule has 0 aliphatic carbocycles. The molecule has 0 aromatic heterocycles. The number of ether oxygens (including phenoxy) is 1. The lowest BCUT2D eigenvalue weighted by atomic mass is 10.1. The summed E-state index contributed by atoms with van der Waals surface area (Å²) in [7, 11) is 0. The van der Waals surface area contributed by atoms with Crippen LogP contribution in [-0.2, 0) is 0 Å². The zero-order valence-corrected chi connectivity index (χ0v) is 10.7. The van der Waals surface area contributed by atoms with Gasteiger partial charge in [0.05, 0.1) is 23.9 Å². The molecule has 1 aromatic carbocycles. The van der Waals surface area contributed by atoms with E-state index in [9.17, 15) is 4.79 Å². The lowest BCUT2D eigenvalue weighted by Crippen LogP contribution is -2.33. The van der Waals surface area contributed by atoms with Gasteiger partial charge in [-0.1, -0.05) is 18.9 Å². The molecule has 0 aliphatic heterocycles. The van der Waals surface area contributed by atoms with Crippen LogP contribution in [0, 0.1) is 12.3 Å². The maximum atomic E-state index is 12.1. The van der Waals surface area contributed by atoms with E-state index >= 15 is 0 Å². The number of nitrogens with two attached hydrogens (primary N) is 1. The van der Waals surface area contributed by atoms with Crippen LogP contribution in [0.25, 0.3) is 0 Å². The minimum Gasteiger partial charge on any atom is -0.491 e. The van der Waals surface area contributed by atoms with Crippen LogP contribution in [0.15, 0.2) is 18.2 Å². The van der Waals surface area contributed by atoms with E-state index in [0.29, 0.717) is 30.0 Å². The summed E-state index contributed by atoms with van der Waals surface area (Å²) < 4.78 is 5.40. The first kappa shape index (κ1) is 13.9. The number of hydrogen-bond donors (Lipinski definition) is 2. The Morgan fingerprint density at radius 3 is 2.83 bits per heavy atom. The zero-order valence-electron chi connectivity index (χ0n) is 10.7. The van der Waals surface area contributed by atoms with Gasteiger partial charge in [-0.15, -0.1) is 6.42 Å². The molecule has 1 unspecified atom stereocenters. The number of carbonyl (C=O) groups excluding carboxylic acids is 1. The molecular formula is C14H18N2O2. The monoisotopic (exact) mass is 246 g/mol. The van der Waals surface area contributed by atoms with E-state index in [2.05, 4.69) is 11.2 Å². The smallest absolute Gasteiger partial charge is 0.256 e. The number of para-hydroxylation sites is 1. The van der Waals surface area contributed by atoms with E-state index < -0.39 is 0 Å². The maximum absolute atomic E-state index is 12.1. The number of carbonyl (C=O) groups is 1. The Bertz CT molecular complexity index is 463. The van der Waals surface area contributed by atoms with Crippen LogP contribution >= 0.6 is 0 Å². The van der Waals surface area contributed by atoms with Crippen molar-refractivity contribution >= 4 is 11.6 Å². The van der Waals surface area contributed by atoms with Crippen molar-refractivity contribution in [1.82, 2.24) is 5.32 Å². The summed E-state index contributed by atoms with van der Waals surface area (Å²) in [6, 6.07) is 4.79. The SMILES string of the molecule is C#CC(CC)NC(=O)c1cccc(N)c1OCC. The van der Waals surface area contributed by atoms with Crippen molar-refractivity contribution < 1.29 is 9.53 Å². The van der Waals surface area contributed by atoms with Gasteiger partial charge in [-0.2, -0.15) is 0 Å². The van der Waals surface area contributed by atoms with Crippen LogP contribution in [0.4, 0.5) is 5.69 Å². The van der Waals surface area contributed by atoms with Crippen molar-refractivity contribution in [2.24, 2.45) is 0 Å². The van der Waals surface area contributed by atoms with Crippen LogP contribution in [0.1, 0.15) is 30.6 Å². The predicted molar refractivity (Wildman–Crippen MR) is 72.4 cm³/mol. The normalized spacial score (nSPS) is 11.4. The molecule has 96 valence electrons. The summed E-state index contributed by atoms with van der Waals surface area (Å²) >= 11 is 0. The van der Waals surface area contributed by atoms with Crippen molar-refractivity contribution in [2.75, 3.05) is 12.3 Å². The quantitative estimate of drug-likeness (QED) is 0.615. The number of benzene rings is 1. The second-order valence-corrected chi connectivity index (χ2v) is 3.76.